The second kappa shape index (κ2) is 4.60. The highest BCUT2D eigenvalue weighted by atomic mass is 16.4. The van der Waals surface area contributed by atoms with Gasteiger partial charge in [0.2, 0.25) is 0 Å². The molecule has 1 aliphatic carbocycles. The molecule has 1 saturated heterocycles. The molecule has 0 radical (unpaired) electrons. The summed E-state index contributed by atoms with van der Waals surface area (Å²) in [6.07, 6.45) is 4.65. The van der Waals surface area contributed by atoms with Gasteiger partial charge in [0.05, 0.1) is 5.41 Å². The molecule has 0 amide bonds. The van der Waals surface area contributed by atoms with E-state index in [-0.39, 0.29) is 0 Å². The van der Waals surface area contributed by atoms with Gasteiger partial charge in [-0.3, -0.25) is 9.69 Å². The van der Waals surface area contributed by atoms with Crippen LogP contribution in [0.15, 0.2) is 0 Å². The number of nitrogens with zero attached hydrogens (tertiary/aromatic N) is 1. The van der Waals surface area contributed by atoms with Gasteiger partial charge in [-0.25, -0.2) is 0 Å². The van der Waals surface area contributed by atoms with Crippen molar-refractivity contribution in [2.75, 3.05) is 13.1 Å². The highest BCUT2D eigenvalue weighted by Gasteiger charge is 2.44. The van der Waals surface area contributed by atoms with Crippen LogP contribution in [0.1, 0.15) is 46.5 Å². The van der Waals surface area contributed by atoms with Crippen molar-refractivity contribution in [1.29, 1.82) is 0 Å². The lowest BCUT2D eigenvalue weighted by molar-refractivity contribution is -0.147. The Morgan fingerprint density at radius 2 is 2.06 bits per heavy atom. The van der Waals surface area contributed by atoms with Crippen molar-refractivity contribution in [1.82, 2.24) is 4.90 Å². The number of likely N-dealkylation sites (tertiary alicyclic amines) is 1. The van der Waals surface area contributed by atoms with Gasteiger partial charge in [0.15, 0.2) is 0 Å². The third-order valence-electron chi connectivity index (χ3n) is 4.87. The fourth-order valence-corrected chi connectivity index (χ4v) is 3.65. The third kappa shape index (κ3) is 2.49. The van der Waals surface area contributed by atoms with E-state index in [1.54, 1.807) is 0 Å². The summed E-state index contributed by atoms with van der Waals surface area (Å²) >= 11 is 0. The minimum absolute atomic E-state index is 0.511. The van der Waals surface area contributed by atoms with Gasteiger partial charge in [-0.2, -0.15) is 0 Å². The Bertz CT molecular complexity index is 305. The van der Waals surface area contributed by atoms with Crippen LogP contribution in [0.4, 0.5) is 0 Å². The monoisotopic (exact) mass is 239 g/mol. The maximum Gasteiger partial charge on any atom is 0.310 e. The zero-order valence-electron chi connectivity index (χ0n) is 11.3. The molecule has 1 aliphatic heterocycles. The second-order valence-corrected chi connectivity index (χ2v) is 6.55. The molecular weight excluding hydrogens is 214 g/mol. The predicted octanol–water partition coefficient (Wildman–Crippen LogP) is 2.61. The third-order valence-corrected chi connectivity index (χ3v) is 4.87. The van der Waals surface area contributed by atoms with Crippen LogP contribution in [0.5, 0.6) is 0 Å². The number of hydrogen-bond donors (Lipinski definition) is 1. The normalized spacial score (nSPS) is 43.8. The Morgan fingerprint density at radius 3 is 2.59 bits per heavy atom. The van der Waals surface area contributed by atoms with E-state index in [0.717, 1.165) is 31.3 Å². The maximum atomic E-state index is 11.3. The first-order valence-electron chi connectivity index (χ1n) is 6.90. The zero-order chi connectivity index (χ0) is 12.6. The van der Waals surface area contributed by atoms with Crippen LogP contribution in [0, 0.1) is 17.3 Å². The van der Waals surface area contributed by atoms with Crippen molar-refractivity contribution in [2.24, 2.45) is 17.3 Å². The van der Waals surface area contributed by atoms with Crippen LogP contribution in [-0.2, 0) is 4.79 Å². The minimum atomic E-state index is -0.628. The van der Waals surface area contributed by atoms with Gasteiger partial charge in [0, 0.05) is 12.6 Å². The molecule has 0 aromatic carbocycles. The van der Waals surface area contributed by atoms with Gasteiger partial charge in [-0.1, -0.05) is 13.8 Å². The molecule has 98 valence electrons. The smallest absolute Gasteiger partial charge is 0.310 e. The molecule has 2 rings (SSSR count). The Hall–Kier alpha value is -0.570. The zero-order valence-corrected chi connectivity index (χ0v) is 11.3. The van der Waals surface area contributed by atoms with Crippen LogP contribution < -0.4 is 0 Å². The molecule has 1 heterocycles. The van der Waals surface area contributed by atoms with Crippen LogP contribution in [-0.4, -0.2) is 35.1 Å². The molecular formula is C14H25NO2. The van der Waals surface area contributed by atoms with Gasteiger partial charge < -0.3 is 5.11 Å². The lowest BCUT2D eigenvalue weighted by atomic mass is 9.79. The number of hydrogen-bond acceptors (Lipinski definition) is 2. The molecule has 0 aromatic rings. The predicted molar refractivity (Wildman–Crippen MR) is 67.9 cm³/mol. The number of carbonyl (C=O) groups is 1. The molecule has 3 nitrogen and oxygen atoms in total. The first kappa shape index (κ1) is 12.9. The van der Waals surface area contributed by atoms with Gasteiger partial charge in [0.25, 0.3) is 0 Å². The van der Waals surface area contributed by atoms with E-state index in [2.05, 4.69) is 18.7 Å². The minimum Gasteiger partial charge on any atom is -0.481 e. The van der Waals surface area contributed by atoms with Crippen molar-refractivity contribution in [2.45, 2.75) is 52.5 Å². The molecule has 4 unspecified atom stereocenters. The van der Waals surface area contributed by atoms with Gasteiger partial charge in [-0.05, 0) is 51.0 Å². The lowest BCUT2D eigenvalue weighted by Crippen LogP contribution is -2.43. The van der Waals surface area contributed by atoms with Crippen molar-refractivity contribution in [3.63, 3.8) is 0 Å². The fraction of sp³-hybridized carbons (Fsp3) is 0.929. The molecule has 3 heteroatoms. The molecule has 1 N–H and O–H groups in total. The molecule has 0 bridgehead atoms. The Morgan fingerprint density at radius 1 is 1.35 bits per heavy atom. The number of aliphatic carboxylic acids is 1. The molecule has 4 atom stereocenters. The molecule has 2 fully saturated rings. The van der Waals surface area contributed by atoms with Crippen LogP contribution in [0.25, 0.3) is 0 Å². The second-order valence-electron chi connectivity index (χ2n) is 6.55. The summed E-state index contributed by atoms with van der Waals surface area (Å²) < 4.78 is 0. The lowest BCUT2D eigenvalue weighted by Gasteiger charge is -2.39. The largest absolute Gasteiger partial charge is 0.481 e. The van der Waals surface area contributed by atoms with E-state index in [4.69, 9.17) is 0 Å². The van der Waals surface area contributed by atoms with E-state index in [1.165, 1.54) is 19.3 Å². The Labute approximate surface area is 104 Å². The maximum absolute atomic E-state index is 11.3. The number of carboxylic acids is 1. The number of carboxylic acid groups (broad SMARTS) is 1. The van der Waals surface area contributed by atoms with E-state index in [9.17, 15) is 9.90 Å². The highest BCUT2D eigenvalue weighted by Crippen LogP contribution is 2.38. The van der Waals surface area contributed by atoms with Crippen LogP contribution >= 0.6 is 0 Å². The first-order valence-corrected chi connectivity index (χ1v) is 6.90. The van der Waals surface area contributed by atoms with Gasteiger partial charge in [-0.15, -0.1) is 0 Å². The van der Waals surface area contributed by atoms with E-state index >= 15 is 0 Å². The van der Waals surface area contributed by atoms with E-state index < -0.39 is 11.4 Å². The summed E-state index contributed by atoms with van der Waals surface area (Å²) in [4.78, 5) is 13.7. The summed E-state index contributed by atoms with van der Waals surface area (Å²) in [5.41, 5.74) is -0.511. The van der Waals surface area contributed by atoms with Crippen molar-refractivity contribution in [3.8, 4) is 0 Å². The quantitative estimate of drug-likeness (QED) is 0.805. The van der Waals surface area contributed by atoms with Crippen molar-refractivity contribution in [3.05, 3.63) is 0 Å². The fourth-order valence-electron chi connectivity index (χ4n) is 3.65. The summed E-state index contributed by atoms with van der Waals surface area (Å²) in [5.74, 6) is 0.932. The molecule has 1 saturated carbocycles. The summed E-state index contributed by atoms with van der Waals surface area (Å²) in [6, 6.07) is 0.618. The first-order chi connectivity index (χ1) is 7.92. The summed E-state index contributed by atoms with van der Waals surface area (Å²) in [7, 11) is 0. The van der Waals surface area contributed by atoms with Crippen LogP contribution in [0.2, 0.25) is 0 Å². The average Bonchev–Trinajstić information content (AvgIpc) is 2.62. The van der Waals surface area contributed by atoms with E-state index in [0.29, 0.717) is 6.04 Å². The molecule has 17 heavy (non-hydrogen) atoms. The van der Waals surface area contributed by atoms with Crippen molar-refractivity contribution < 1.29 is 9.90 Å². The highest BCUT2D eigenvalue weighted by molar-refractivity contribution is 5.74. The Balaban J connectivity index is 1.99. The summed E-state index contributed by atoms with van der Waals surface area (Å²) in [6.45, 7) is 8.26. The number of rotatable bonds is 2. The topological polar surface area (TPSA) is 40.5 Å². The molecule has 0 spiro atoms. The Kier molecular flexibility index (Phi) is 3.48. The standard InChI is InChI=1S/C14H25NO2/c1-10-4-5-12(11(2)8-10)15-7-6-14(3,9-15)13(16)17/h10-12H,4-9H2,1-3H3,(H,16,17). The van der Waals surface area contributed by atoms with E-state index in [1.807, 2.05) is 6.92 Å². The van der Waals surface area contributed by atoms with Gasteiger partial charge >= 0.3 is 5.97 Å². The van der Waals surface area contributed by atoms with Crippen molar-refractivity contribution >= 4 is 5.97 Å². The van der Waals surface area contributed by atoms with Crippen LogP contribution in [0.3, 0.4) is 0 Å². The average molecular weight is 239 g/mol. The molecule has 2 aliphatic rings. The molecule has 0 aromatic heterocycles. The summed E-state index contributed by atoms with van der Waals surface area (Å²) in [5, 5.41) is 9.27. The SMILES string of the molecule is CC1CCC(N2CCC(C)(C(=O)O)C2)C(C)C1. The van der Waals surface area contributed by atoms with Gasteiger partial charge in [0.1, 0.15) is 0 Å².